The summed E-state index contributed by atoms with van der Waals surface area (Å²) in [6.07, 6.45) is 3.21. The van der Waals surface area contributed by atoms with Crippen molar-refractivity contribution >= 4 is 35.1 Å². The topological polar surface area (TPSA) is 60.2 Å². The number of thioether (sulfide) groups is 1. The molecule has 0 unspecified atom stereocenters. The summed E-state index contributed by atoms with van der Waals surface area (Å²) in [5, 5.41) is 9.38. The number of halogens is 1. The Kier molecular flexibility index (Phi) is 5.29. The summed E-state index contributed by atoms with van der Waals surface area (Å²) in [5.74, 6) is 3.24. The van der Waals surface area contributed by atoms with E-state index in [4.69, 9.17) is 16.9 Å². The van der Waals surface area contributed by atoms with Gasteiger partial charge in [-0.15, -0.1) is 0 Å². The van der Waals surface area contributed by atoms with Crippen LogP contribution in [0.25, 0.3) is 0 Å². The molecule has 2 aliphatic heterocycles. The predicted molar refractivity (Wildman–Crippen MR) is 92.8 cm³/mol. The lowest BCUT2D eigenvalue weighted by Gasteiger charge is -2.36. The Morgan fingerprint density at radius 1 is 1.30 bits per heavy atom. The summed E-state index contributed by atoms with van der Waals surface area (Å²) in [6, 6.07) is 3.68. The van der Waals surface area contributed by atoms with Crippen LogP contribution in [0.5, 0.6) is 0 Å². The number of hydrogen-bond acceptors (Lipinski definition) is 5. The van der Waals surface area contributed by atoms with Gasteiger partial charge in [-0.25, -0.2) is 4.98 Å². The number of aromatic nitrogens is 1. The third-order valence-electron chi connectivity index (χ3n) is 4.42. The molecule has 1 aromatic rings. The largest absolute Gasteiger partial charge is 0.355 e. The van der Waals surface area contributed by atoms with Gasteiger partial charge in [-0.3, -0.25) is 4.79 Å². The number of nitrogens with zero attached hydrogens (tertiary/aromatic N) is 4. The van der Waals surface area contributed by atoms with Gasteiger partial charge in [-0.2, -0.15) is 17.0 Å². The zero-order valence-electron chi connectivity index (χ0n) is 12.9. The zero-order valence-corrected chi connectivity index (χ0v) is 14.4. The summed E-state index contributed by atoms with van der Waals surface area (Å²) in [6.45, 7) is 3.31. The lowest BCUT2D eigenvalue weighted by molar-refractivity contribution is -0.135. The molecule has 3 rings (SSSR count). The van der Waals surface area contributed by atoms with Crippen LogP contribution in [0.4, 0.5) is 5.82 Å². The van der Waals surface area contributed by atoms with Gasteiger partial charge in [0.05, 0.1) is 10.6 Å². The van der Waals surface area contributed by atoms with Gasteiger partial charge in [0.1, 0.15) is 11.9 Å². The van der Waals surface area contributed by atoms with E-state index in [0.29, 0.717) is 22.3 Å². The number of carbonyl (C=O) groups is 1. The Morgan fingerprint density at radius 3 is 2.61 bits per heavy atom. The molecule has 2 saturated heterocycles. The molecule has 2 fully saturated rings. The average Bonchev–Trinajstić information content (AvgIpc) is 2.62. The molecule has 1 amide bonds. The van der Waals surface area contributed by atoms with E-state index in [1.807, 2.05) is 22.7 Å². The number of pyridine rings is 1. The molecular formula is C16H19ClN4OS. The second-order valence-corrected chi connectivity index (χ2v) is 7.47. The Balaban J connectivity index is 1.60. The average molecular weight is 351 g/mol. The first kappa shape index (κ1) is 16.4. The van der Waals surface area contributed by atoms with E-state index in [1.54, 1.807) is 12.3 Å². The Hall–Kier alpha value is -1.45. The number of nitriles is 1. The minimum atomic E-state index is 0.117. The van der Waals surface area contributed by atoms with Crippen molar-refractivity contribution in [3.05, 3.63) is 22.8 Å². The molecule has 1 aromatic heterocycles. The highest BCUT2D eigenvalue weighted by Crippen LogP contribution is 2.29. The van der Waals surface area contributed by atoms with Gasteiger partial charge >= 0.3 is 0 Å². The Bertz CT molecular complexity index is 619. The van der Waals surface area contributed by atoms with Gasteiger partial charge in [0.25, 0.3) is 0 Å². The summed E-state index contributed by atoms with van der Waals surface area (Å²) in [7, 11) is 0. The van der Waals surface area contributed by atoms with Gasteiger partial charge < -0.3 is 9.80 Å². The lowest BCUT2D eigenvalue weighted by Crippen LogP contribution is -2.45. The van der Waals surface area contributed by atoms with Gasteiger partial charge in [0.15, 0.2) is 0 Å². The second kappa shape index (κ2) is 7.41. The molecule has 23 heavy (non-hydrogen) atoms. The fourth-order valence-corrected chi connectivity index (χ4v) is 4.29. The fourth-order valence-electron chi connectivity index (χ4n) is 3.10. The Labute approximate surface area is 145 Å². The summed E-state index contributed by atoms with van der Waals surface area (Å²) < 4.78 is 0. The molecule has 0 saturated carbocycles. The molecule has 0 aliphatic carbocycles. The number of piperidine rings is 1. The summed E-state index contributed by atoms with van der Waals surface area (Å²) >= 11 is 8.15. The van der Waals surface area contributed by atoms with Crippen LogP contribution in [0.3, 0.4) is 0 Å². The van der Waals surface area contributed by atoms with Gasteiger partial charge in [-0.05, 0) is 18.9 Å². The molecule has 7 heteroatoms. The molecule has 0 radical (unpaired) electrons. The predicted octanol–water partition coefficient (Wildman–Crippen LogP) is 2.40. The maximum atomic E-state index is 12.6. The van der Waals surface area contributed by atoms with Crippen molar-refractivity contribution in [1.29, 1.82) is 5.26 Å². The van der Waals surface area contributed by atoms with E-state index >= 15 is 0 Å². The minimum Gasteiger partial charge on any atom is -0.355 e. The van der Waals surface area contributed by atoms with Gasteiger partial charge in [0, 0.05) is 49.8 Å². The van der Waals surface area contributed by atoms with Crippen LogP contribution in [-0.2, 0) is 4.79 Å². The molecule has 0 bridgehead atoms. The first-order chi connectivity index (χ1) is 11.2. The van der Waals surface area contributed by atoms with E-state index in [2.05, 4.69) is 9.88 Å². The smallest absolute Gasteiger partial charge is 0.225 e. The number of carbonyl (C=O) groups excluding carboxylic acids is 1. The second-order valence-electron chi connectivity index (χ2n) is 5.84. The molecule has 122 valence electrons. The van der Waals surface area contributed by atoms with Crippen LogP contribution >= 0.6 is 23.4 Å². The number of hydrogen-bond donors (Lipinski definition) is 0. The third kappa shape index (κ3) is 3.73. The van der Waals surface area contributed by atoms with Gasteiger partial charge in [-0.1, -0.05) is 11.6 Å². The first-order valence-electron chi connectivity index (χ1n) is 7.86. The quantitative estimate of drug-likeness (QED) is 0.819. The lowest BCUT2D eigenvalue weighted by atomic mass is 9.95. The van der Waals surface area contributed by atoms with Crippen molar-refractivity contribution in [2.24, 2.45) is 5.92 Å². The van der Waals surface area contributed by atoms with E-state index < -0.39 is 0 Å². The van der Waals surface area contributed by atoms with Crippen molar-refractivity contribution in [3.63, 3.8) is 0 Å². The minimum absolute atomic E-state index is 0.117. The van der Waals surface area contributed by atoms with Crippen LogP contribution in [0.2, 0.25) is 5.02 Å². The summed E-state index contributed by atoms with van der Waals surface area (Å²) in [4.78, 5) is 21.0. The maximum absolute atomic E-state index is 12.6. The number of rotatable bonds is 2. The van der Waals surface area contributed by atoms with Crippen molar-refractivity contribution < 1.29 is 4.79 Å². The van der Waals surface area contributed by atoms with E-state index in [1.165, 1.54) is 0 Å². The standard InChI is InChI=1S/C16H19ClN4OS/c17-14-9-12(10-18)11-19-15(14)20-3-1-13(2-4-20)16(22)21-5-7-23-8-6-21/h9,11,13H,1-8H2. The molecule has 0 spiro atoms. The highest BCUT2D eigenvalue weighted by Gasteiger charge is 2.30. The third-order valence-corrected chi connectivity index (χ3v) is 5.64. The zero-order chi connectivity index (χ0) is 16.2. The Morgan fingerprint density at radius 2 is 2.00 bits per heavy atom. The normalized spacial score (nSPS) is 19.5. The first-order valence-corrected chi connectivity index (χ1v) is 9.39. The molecular weight excluding hydrogens is 332 g/mol. The van der Waals surface area contributed by atoms with Gasteiger partial charge in [0.2, 0.25) is 5.91 Å². The molecule has 0 atom stereocenters. The van der Waals surface area contributed by atoms with Crippen LogP contribution in [-0.4, -0.2) is 53.5 Å². The summed E-state index contributed by atoms with van der Waals surface area (Å²) in [5.41, 5.74) is 0.465. The monoisotopic (exact) mass is 350 g/mol. The SMILES string of the molecule is N#Cc1cnc(N2CCC(C(=O)N3CCSCC3)CC2)c(Cl)c1. The number of anilines is 1. The highest BCUT2D eigenvalue weighted by molar-refractivity contribution is 7.99. The maximum Gasteiger partial charge on any atom is 0.225 e. The van der Waals surface area contributed by atoms with Crippen molar-refractivity contribution in [2.75, 3.05) is 42.6 Å². The molecule has 0 N–H and O–H groups in total. The van der Waals surface area contributed by atoms with E-state index in [0.717, 1.165) is 50.5 Å². The molecule has 0 aromatic carbocycles. The molecule has 2 aliphatic rings. The van der Waals surface area contributed by atoms with Crippen LogP contribution < -0.4 is 4.90 Å². The van der Waals surface area contributed by atoms with Crippen LogP contribution in [0.1, 0.15) is 18.4 Å². The van der Waals surface area contributed by atoms with E-state index in [-0.39, 0.29) is 5.92 Å². The van der Waals surface area contributed by atoms with Crippen LogP contribution in [0.15, 0.2) is 12.3 Å². The van der Waals surface area contributed by atoms with E-state index in [9.17, 15) is 4.79 Å². The molecule has 5 nitrogen and oxygen atoms in total. The molecule has 3 heterocycles. The van der Waals surface area contributed by atoms with Crippen LogP contribution in [0, 0.1) is 17.2 Å². The van der Waals surface area contributed by atoms with Crippen molar-refractivity contribution in [1.82, 2.24) is 9.88 Å². The van der Waals surface area contributed by atoms with Crippen molar-refractivity contribution in [2.45, 2.75) is 12.8 Å². The highest BCUT2D eigenvalue weighted by atomic mass is 35.5. The fraction of sp³-hybridized carbons (Fsp3) is 0.562. The number of amides is 1. The van der Waals surface area contributed by atoms with Crippen molar-refractivity contribution in [3.8, 4) is 6.07 Å².